The summed E-state index contributed by atoms with van der Waals surface area (Å²) in [6.45, 7) is 3.44. The first kappa shape index (κ1) is 22.4. The van der Waals surface area contributed by atoms with E-state index in [-0.39, 0.29) is 13.0 Å². The van der Waals surface area contributed by atoms with E-state index in [4.69, 9.17) is 25.8 Å². The highest BCUT2D eigenvalue weighted by atomic mass is 35.5. The van der Waals surface area contributed by atoms with Crippen LogP contribution in [-0.2, 0) is 9.59 Å². The summed E-state index contributed by atoms with van der Waals surface area (Å²) in [6, 6.07) is 7.71. The van der Waals surface area contributed by atoms with Crippen LogP contribution in [0.25, 0.3) is 0 Å². The molecule has 0 fully saturated rings. The maximum absolute atomic E-state index is 12.4. The number of amides is 1. The molecule has 7 nitrogen and oxygen atoms in total. The molecular formula is C21H24ClNO6. The first-order valence-corrected chi connectivity index (χ1v) is 9.25. The Labute approximate surface area is 174 Å². The zero-order valence-electron chi connectivity index (χ0n) is 16.7. The van der Waals surface area contributed by atoms with E-state index in [1.54, 1.807) is 30.3 Å². The summed E-state index contributed by atoms with van der Waals surface area (Å²) in [7, 11) is 2.99. The van der Waals surface area contributed by atoms with E-state index in [2.05, 4.69) is 5.32 Å². The summed E-state index contributed by atoms with van der Waals surface area (Å²) < 4.78 is 16.0. The van der Waals surface area contributed by atoms with Crippen molar-refractivity contribution in [2.24, 2.45) is 0 Å². The van der Waals surface area contributed by atoms with Gasteiger partial charge in [0.2, 0.25) is 0 Å². The molecule has 2 aromatic rings. The molecule has 0 saturated heterocycles. The van der Waals surface area contributed by atoms with Crippen LogP contribution in [0.2, 0.25) is 5.02 Å². The van der Waals surface area contributed by atoms with Gasteiger partial charge < -0.3 is 24.6 Å². The van der Waals surface area contributed by atoms with Crippen LogP contribution >= 0.6 is 11.6 Å². The molecule has 0 saturated carbocycles. The van der Waals surface area contributed by atoms with Crippen LogP contribution in [0.5, 0.6) is 17.2 Å². The maximum atomic E-state index is 12.4. The van der Waals surface area contributed by atoms with E-state index in [0.717, 1.165) is 11.1 Å². The van der Waals surface area contributed by atoms with Gasteiger partial charge in [-0.3, -0.25) is 9.59 Å². The number of hydrogen-bond acceptors (Lipinski definition) is 5. The zero-order chi connectivity index (χ0) is 21.6. The fourth-order valence-electron chi connectivity index (χ4n) is 2.87. The molecule has 156 valence electrons. The molecule has 2 rings (SSSR count). The Morgan fingerprint density at radius 1 is 1.07 bits per heavy atom. The van der Waals surface area contributed by atoms with Gasteiger partial charge in [0.05, 0.1) is 26.7 Å². The van der Waals surface area contributed by atoms with Crippen LogP contribution in [0.3, 0.4) is 0 Å². The maximum Gasteiger partial charge on any atom is 0.305 e. The molecule has 0 aliphatic heterocycles. The number of aliphatic carboxylic acids is 1. The van der Waals surface area contributed by atoms with E-state index in [0.29, 0.717) is 27.8 Å². The third kappa shape index (κ3) is 6.02. The molecule has 0 radical (unpaired) electrons. The molecule has 0 heterocycles. The van der Waals surface area contributed by atoms with Crippen LogP contribution < -0.4 is 19.5 Å². The van der Waals surface area contributed by atoms with Crippen molar-refractivity contribution in [3.63, 3.8) is 0 Å². The van der Waals surface area contributed by atoms with Gasteiger partial charge in [-0.15, -0.1) is 0 Å². The predicted molar refractivity (Wildman–Crippen MR) is 109 cm³/mol. The number of ether oxygens (including phenoxy) is 3. The summed E-state index contributed by atoms with van der Waals surface area (Å²) in [4.78, 5) is 23.7. The molecule has 0 bridgehead atoms. The molecule has 1 atom stereocenters. The van der Waals surface area contributed by atoms with E-state index in [1.807, 2.05) is 13.8 Å². The van der Waals surface area contributed by atoms with Crippen molar-refractivity contribution in [2.45, 2.75) is 26.3 Å². The van der Waals surface area contributed by atoms with E-state index in [9.17, 15) is 14.7 Å². The van der Waals surface area contributed by atoms with Gasteiger partial charge >= 0.3 is 5.97 Å². The summed E-state index contributed by atoms with van der Waals surface area (Å²) >= 11 is 6.13. The number of carboxylic acids is 1. The molecule has 0 aliphatic carbocycles. The second-order valence-electron chi connectivity index (χ2n) is 6.49. The molecule has 0 aliphatic rings. The number of carbonyl (C=O) groups excluding carboxylic acids is 1. The number of aryl methyl sites for hydroxylation is 2. The number of carbonyl (C=O) groups is 2. The summed E-state index contributed by atoms with van der Waals surface area (Å²) in [5.74, 6) is -0.0295. The SMILES string of the molecule is COc1ccc([C@@H](CC(=O)O)NC(=O)COc2cc(C)c(Cl)c(C)c2)cc1OC. The predicted octanol–water partition coefficient (Wildman–Crippen LogP) is 3.69. The van der Waals surface area contributed by atoms with Crippen molar-refractivity contribution in [2.75, 3.05) is 20.8 Å². The number of methoxy groups -OCH3 is 2. The largest absolute Gasteiger partial charge is 0.493 e. The zero-order valence-corrected chi connectivity index (χ0v) is 17.5. The quantitative estimate of drug-likeness (QED) is 0.641. The Morgan fingerprint density at radius 2 is 1.69 bits per heavy atom. The Kier molecular flexibility index (Phi) is 7.73. The van der Waals surface area contributed by atoms with Crippen LogP contribution in [0.4, 0.5) is 0 Å². The van der Waals surface area contributed by atoms with Crippen molar-refractivity contribution >= 4 is 23.5 Å². The third-order valence-corrected chi connectivity index (χ3v) is 4.90. The number of hydrogen-bond donors (Lipinski definition) is 2. The van der Waals surface area contributed by atoms with Gasteiger partial charge in [-0.05, 0) is 54.8 Å². The van der Waals surface area contributed by atoms with Crippen LogP contribution in [0, 0.1) is 13.8 Å². The number of benzene rings is 2. The van der Waals surface area contributed by atoms with E-state index >= 15 is 0 Å². The first-order chi connectivity index (χ1) is 13.7. The lowest BCUT2D eigenvalue weighted by atomic mass is 10.0. The molecule has 0 unspecified atom stereocenters. The highest BCUT2D eigenvalue weighted by Crippen LogP contribution is 2.31. The number of carboxylic acid groups (broad SMARTS) is 1. The highest BCUT2D eigenvalue weighted by Gasteiger charge is 2.20. The topological polar surface area (TPSA) is 94.1 Å². The molecule has 2 N–H and O–H groups in total. The molecular weight excluding hydrogens is 398 g/mol. The van der Waals surface area contributed by atoms with Gasteiger partial charge in [0, 0.05) is 5.02 Å². The molecule has 1 amide bonds. The molecule has 29 heavy (non-hydrogen) atoms. The van der Waals surface area contributed by atoms with E-state index in [1.165, 1.54) is 14.2 Å². The first-order valence-electron chi connectivity index (χ1n) is 8.87. The van der Waals surface area contributed by atoms with Gasteiger partial charge in [0.25, 0.3) is 5.91 Å². The third-order valence-electron chi connectivity index (χ3n) is 4.30. The second-order valence-corrected chi connectivity index (χ2v) is 6.87. The lowest BCUT2D eigenvalue weighted by Crippen LogP contribution is -2.33. The average Bonchev–Trinajstić information content (AvgIpc) is 2.68. The highest BCUT2D eigenvalue weighted by molar-refractivity contribution is 6.32. The van der Waals surface area contributed by atoms with Crippen molar-refractivity contribution < 1.29 is 28.9 Å². The fourth-order valence-corrected chi connectivity index (χ4v) is 2.98. The summed E-state index contributed by atoms with van der Waals surface area (Å²) in [6.07, 6.45) is -0.291. The van der Waals surface area contributed by atoms with Crippen molar-refractivity contribution in [1.29, 1.82) is 0 Å². The molecule has 8 heteroatoms. The van der Waals surface area contributed by atoms with E-state index < -0.39 is 17.9 Å². The minimum absolute atomic E-state index is 0.260. The minimum Gasteiger partial charge on any atom is -0.493 e. The lowest BCUT2D eigenvalue weighted by molar-refractivity contribution is -0.137. The van der Waals surface area contributed by atoms with Crippen molar-refractivity contribution in [3.8, 4) is 17.2 Å². The van der Waals surface area contributed by atoms with Crippen LogP contribution in [0.1, 0.15) is 29.2 Å². The molecule has 0 aromatic heterocycles. The van der Waals surface area contributed by atoms with Crippen LogP contribution in [0.15, 0.2) is 30.3 Å². The number of nitrogens with one attached hydrogen (secondary N) is 1. The molecule has 0 spiro atoms. The smallest absolute Gasteiger partial charge is 0.305 e. The Hall–Kier alpha value is -2.93. The lowest BCUT2D eigenvalue weighted by Gasteiger charge is -2.19. The van der Waals surface area contributed by atoms with Gasteiger partial charge in [-0.2, -0.15) is 0 Å². The minimum atomic E-state index is -1.05. The van der Waals surface area contributed by atoms with Gasteiger partial charge in [-0.25, -0.2) is 0 Å². The number of halogens is 1. The monoisotopic (exact) mass is 421 g/mol. The molecule has 2 aromatic carbocycles. The van der Waals surface area contributed by atoms with Crippen molar-refractivity contribution in [1.82, 2.24) is 5.32 Å². The van der Waals surface area contributed by atoms with Gasteiger partial charge in [-0.1, -0.05) is 17.7 Å². The number of rotatable bonds is 9. The summed E-state index contributed by atoms with van der Waals surface area (Å²) in [5.41, 5.74) is 2.27. The normalized spacial score (nSPS) is 11.5. The van der Waals surface area contributed by atoms with Gasteiger partial charge in [0.1, 0.15) is 5.75 Å². The Bertz CT molecular complexity index is 876. The fraction of sp³-hybridized carbons (Fsp3) is 0.333. The van der Waals surface area contributed by atoms with Crippen molar-refractivity contribution in [3.05, 3.63) is 52.0 Å². The van der Waals surface area contributed by atoms with Crippen LogP contribution in [-0.4, -0.2) is 37.8 Å². The Balaban J connectivity index is 2.11. The summed E-state index contributed by atoms with van der Waals surface area (Å²) in [5, 5.41) is 12.6. The van der Waals surface area contributed by atoms with Gasteiger partial charge in [0.15, 0.2) is 18.1 Å². The second kappa shape index (κ2) is 10.0. The average molecular weight is 422 g/mol. The Morgan fingerprint density at radius 3 is 2.24 bits per heavy atom. The standard InChI is InChI=1S/C21H24ClNO6/c1-12-7-15(8-13(2)21(12)22)29-11-19(24)23-16(10-20(25)26)14-5-6-17(27-3)18(9-14)28-4/h5-9,16H,10-11H2,1-4H3,(H,23,24)(H,25,26)/t16-/m1/s1.